The van der Waals surface area contributed by atoms with E-state index in [0.717, 1.165) is 22.6 Å². The smallest absolute Gasteiger partial charge is 0.315 e. The third-order valence-corrected chi connectivity index (χ3v) is 3.97. The Hall–Kier alpha value is -2.41. The molecular weight excluding hydrogens is 286 g/mol. The first-order valence-corrected chi connectivity index (χ1v) is 7.52. The molecule has 1 aromatic carbocycles. The number of aromatic nitrogens is 3. The lowest BCUT2D eigenvalue weighted by atomic mass is 10.2. The SMILES string of the molecule is O=C(NCCc1csc2nncn12)NCc1ccccc1. The lowest BCUT2D eigenvalue weighted by Crippen LogP contribution is -2.36. The van der Waals surface area contributed by atoms with Gasteiger partial charge in [0.1, 0.15) is 6.33 Å². The van der Waals surface area contributed by atoms with Gasteiger partial charge in [0.15, 0.2) is 0 Å². The average Bonchev–Trinajstić information content (AvgIpc) is 3.11. The van der Waals surface area contributed by atoms with Gasteiger partial charge in [-0.15, -0.1) is 21.5 Å². The molecule has 0 atom stereocenters. The van der Waals surface area contributed by atoms with Crippen LogP contribution in [0.3, 0.4) is 0 Å². The molecule has 0 spiro atoms. The number of rotatable bonds is 5. The van der Waals surface area contributed by atoms with E-state index in [2.05, 4.69) is 20.8 Å². The van der Waals surface area contributed by atoms with Crippen LogP contribution in [-0.2, 0) is 13.0 Å². The Kier molecular flexibility index (Phi) is 4.11. The minimum Gasteiger partial charge on any atom is -0.338 e. The number of carbonyl (C=O) groups excluding carboxylic acids is 1. The molecule has 0 aliphatic rings. The molecule has 0 saturated heterocycles. The minimum absolute atomic E-state index is 0.158. The summed E-state index contributed by atoms with van der Waals surface area (Å²) in [5, 5.41) is 15.5. The third kappa shape index (κ3) is 3.38. The van der Waals surface area contributed by atoms with Crippen molar-refractivity contribution in [3.05, 3.63) is 53.3 Å². The van der Waals surface area contributed by atoms with Gasteiger partial charge in [-0.05, 0) is 5.56 Å². The highest BCUT2D eigenvalue weighted by molar-refractivity contribution is 7.15. The fourth-order valence-electron chi connectivity index (χ4n) is 2.00. The van der Waals surface area contributed by atoms with Gasteiger partial charge in [-0.2, -0.15) is 0 Å². The van der Waals surface area contributed by atoms with Crippen molar-refractivity contribution in [1.29, 1.82) is 0 Å². The first-order valence-electron chi connectivity index (χ1n) is 6.64. The van der Waals surface area contributed by atoms with Gasteiger partial charge in [0.05, 0.1) is 0 Å². The van der Waals surface area contributed by atoms with E-state index < -0.39 is 0 Å². The highest BCUT2D eigenvalue weighted by Gasteiger charge is 2.05. The Morgan fingerprint density at radius 1 is 1.24 bits per heavy atom. The maximum absolute atomic E-state index is 11.7. The number of amides is 2. The summed E-state index contributed by atoms with van der Waals surface area (Å²) in [6.07, 6.45) is 2.44. The van der Waals surface area contributed by atoms with Gasteiger partial charge in [-0.25, -0.2) is 4.79 Å². The van der Waals surface area contributed by atoms with Gasteiger partial charge in [0.25, 0.3) is 0 Å². The monoisotopic (exact) mass is 301 g/mol. The van der Waals surface area contributed by atoms with E-state index in [9.17, 15) is 4.79 Å². The van der Waals surface area contributed by atoms with Crippen molar-refractivity contribution in [2.24, 2.45) is 0 Å². The summed E-state index contributed by atoms with van der Waals surface area (Å²) in [4.78, 5) is 12.6. The van der Waals surface area contributed by atoms with Crippen molar-refractivity contribution >= 4 is 22.3 Å². The zero-order valence-corrected chi connectivity index (χ0v) is 12.1. The summed E-state index contributed by atoms with van der Waals surface area (Å²) >= 11 is 1.55. The lowest BCUT2D eigenvalue weighted by molar-refractivity contribution is 0.240. The van der Waals surface area contributed by atoms with Crippen LogP contribution >= 0.6 is 11.3 Å². The fraction of sp³-hybridized carbons (Fsp3) is 0.214. The number of nitrogens with zero attached hydrogens (tertiary/aromatic N) is 3. The largest absolute Gasteiger partial charge is 0.338 e. The zero-order valence-electron chi connectivity index (χ0n) is 11.3. The summed E-state index contributed by atoms with van der Waals surface area (Å²) in [5.74, 6) is 0. The van der Waals surface area contributed by atoms with Crippen molar-refractivity contribution in [3.8, 4) is 0 Å². The summed E-state index contributed by atoms with van der Waals surface area (Å²) in [6.45, 7) is 1.10. The predicted molar refractivity (Wildman–Crippen MR) is 81.2 cm³/mol. The van der Waals surface area contributed by atoms with E-state index in [4.69, 9.17) is 0 Å². The molecule has 21 heavy (non-hydrogen) atoms. The molecule has 108 valence electrons. The highest BCUT2D eigenvalue weighted by atomic mass is 32.1. The summed E-state index contributed by atoms with van der Waals surface area (Å²) in [7, 11) is 0. The molecular formula is C14H15N5OS. The number of carbonyl (C=O) groups is 1. The second kappa shape index (κ2) is 6.36. The second-order valence-corrected chi connectivity index (χ2v) is 5.39. The van der Waals surface area contributed by atoms with Gasteiger partial charge in [0.2, 0.25) is 4.96 Å². The molecule has 3 aromatic rings. The number of urea groups is 1. The summed E-state index contributed by atoms with van der Waals surface area (Å²) in [6, 6.07) is 9.67. The number of hydrogen-bond acceptors (Lipinski definition) is 4. The summed E-state index contributed by atoms with van der Waals surface area (Å²) < 4.78 is 1.94. The summed E-state index contributed by atoms with van der Waals surface area (Å²) in [5.41, 5.74) is 2.18. The van der Waals surface area contributed by atoms with E-state index in [1.807, 2.05) is 40.1 Å². The van der Waals surface area contributed by atoms with Crippen LogP contribution in [0, 0.1) is 0 Å². The maximum atomic E-state index is 11.7. The molecule has 0 unspecified atom stereocenters. The van der Waals surface area contributed by atoms with Gasteiger partial charge in [0, 0.05) is 30.6 Å². The Morgan fingerprint density at radius 3 is 2.95 bits per heavy atom. The van der Waals surface area contributed by atoms with Crippen LogP contribution in [0.25, 0.3) is 4.96 Å². The van der Waals surface area contributed by atoms with Crippen LogP contribution in [-0.4, -0.2) is 27.2 Å². The van der Waals surface area contributed by atoms with Crippen LogP contribution in [0.15, 0.2) is 42.0 Å². The molecule has 7 heteroatoms. The van der Waals surface area contributed by atoms with Crippen LogP contribution in [0.2, 0.25) is 0 Å². The van der Waals surface area contributed by atoms with E-state index in [0.29, 0.717) is 13.1 Å². The molecule has 6 nitrogen and oxygen atoms in total. The van der Waals surface area contributed by atoms with E-state index >= 15 is 0 Å². The highest BCUT2D eigenvalue weighted by Crippen LogP contribution is 2.13. The van der Waals surface area contributed by atoms with Crippen LogP contribution in [0.4, 0.5) is 4.79 Å². The van der Waals surface area contributed by atoms with E-state index in [-0.39, 0.29) is 6.03 Å². The normalized spacial score (nSPS) is 10.7. The standard InChI is InChI=1S/C14H15N5OS/c20-13(16-8-11-4-2-1-3-5-11)15-7-6-12-9-21-14-18-17-10-19(12)14/h1-5,9-10H,6-8H2,(H2,15,16,20). The molecule has 2 N–H and O–H groups in total. The first-order chi connectivity index (χ1) is 10.3. The molecule has 0 aliphatic carbocycles. The van der Waals surface area contributed by atoms with Gasteiger partial charge >= 0.3 is 6.03 Å². The number of fused-ring (bicyclic) bond motifs is 1. The van der Waals surface area contributed by atoms with Crippen LogP contribution < -0.4 is 10.6 Å². The van der Waals surface area contributed by atoms with Crippen molar-refractivity contribution in [2.45, 2.75) is 13.0 Å². The Labute approximate surface area is 125 Å². The average molecular weight is 301 g/mol. The van der Waals surface area contributed by atoms with Gasteiger partial charge < -0.3 is 10.6 Å². The number of thiazole rings is 1. The minimum atomic E-state index is -0.158. The third-order valence-electron chi connectivity index (χ3n) is 3.09. The van der Waals surface area contributed by atoms with Crippen molar-refractivity contribution in [3.63, 3.8) is 0 Å². The lowest BCUT2D eigenvalue weighted by Gasteiger charge is -2.07. The quantitative estimate of drug-likeness (QED) is 0.755. The molecule has 0 aliphatic heterocycles. The Bertz CT molecular complexity index is 721. The van der Waals surface area contributed by atoms with Gasteiger partial charge in [-0.1, -0.05) is 30.3 Å². The zero-order chi connectivity index (χ0) is 14.5. The van der Waals surface area contributed by atoms with Crippen molar-refractivity contribution < 1.29 is 4.79 Å². The molecule has 0 fully saturated rings. The number of hydrogen-bond donors (Lipinski definition) is 2. The number of benzene rings is 1. The topological polar surface area (TPSA) is 71.3 Å². The van der Waals surface area contributed by atoms with Crippen molar-refractivity contribution in [1.82, 2.24) is 25.2 Å². The molecule has 0 bridgehead atoms. The molecule has 2 aromatic heterocycles. The first kappa shape index (κ1) is 13.6. The molecule has 2 heterocycles. The van der Waals surface area contributed by atoms with Crippen molar-refractivity contribution in [2.75, 3.05) is 6.54 Å². The second-order valence-electron chi connectivity index (χ2n) is 4.56. The van der Waals surface area contributed by atoms with Gasteiger partial charge in [-0.3, -0.25) is 4.40 Å². The van der Waals surface area contributed by atoms with E-state index in [1.54, 1.807) is 17.7 Å². The molecule has 2 amide bonds. The maximum Gasteiger partial charge on any atom is 0.315 e. The fourth-order valence-corrected chi connectivity index (χ4v) is 2.85. The Morgan fingerprint density at radius 2 is 2.10 bits per heavy atom. The Balaban J connectivity index is 1.43. The van der Waals surface area contributed by atoms with Crippen LogP contribution in [0.5, 0.6) is 0 Å². The van der Waals surface area contributed by atoms with Crippen LogP contribution in [0.1, 0.15) is 11.3 Å². The molecule has 0 saturated carbocycles. The predicted octanol–water partition coefficient (Wildman–Crippen LogP) is 1.83. The number of nitrogens with one attached hydrogen (secondary N) is 2. The molecule has 0 radical (unpaired) electrons. The van der Waals surface area contributed by atoms with E-state index in [1.165, 1.54) is 0 Å². The molecule has 3 rings (SSSR count).